The van der Waals surface area contributed by atoms with Crippen molar-refractivity contribution in [2.45, 2.75) is 31.5 Å². The molecule has 126 valence electrons. The number of hydrogen-bond donors (Lipinski definition) is 1. The van der Waals surface area contributed by atoms with Crippen LogP contribution in [0.3, 0.4) is 0 Å². The Hall–Kier alpha value is -2.25. The first kappa shape index (κ1) is 17.1. The molecule has 23 heavy (non-hydrogen) atoms. The highest BCUT2D eigenvalue weighted by atomic mass is 19.4. The van der Waals surface area contributed by atoms with Crippen LogP contribution in [0.2, 0.25) is 0 Å². The number of methoxy groups -OCH3 is 1. The van der Waals surface area contributed by atoms with E-state index in [-0.39, 0.29) is 0 Å². The summed E-state index contributed by atoms with van der Waals surface area (Å²) in [4.78, 5) is 25.3. The molecule has 1 fully saturated rings. The first-order valence-corrected chi connectivity index (χ1v) is 7.12. The second-order valence-electron chi connectivity index (χ2n) is 5.25. The highest BCUT2D eigenvalue weighted by Gasteiger charge is 2.35. The van der Waals surface area contributed by atoms with Gasteiger partial charge in [-0.1, -0.05) is 6.07 Å². The van der Waals surface area contributed by atoms with E-state index in [4.69, 9.17) is 4.74 Å². The topological polar surface area (TPSA) is 58.6 Å². The van der Waals surface area contributed by atoms with E-state index in [2.05, 4.69) is 5.32 Å². The summed E-state index contributed by atoms with van der Waals surface area (Å²) in [6.45, 7) is 0.442. The minimum absolute atomic E-state index is 0.322. The zero-order valence-electron chi connectivity index (χ0n) is 12.5. The van der Waals surface area contributed by atoms with Crippen molar-refractivity contribution in [2.24, 2.45) is 0 Å². The fourth-order valence-corrected chi connectivity index (χ4v) is 2.47. The number of amides is 2. The Morgan fingerprint density at radius 1 is 1.43 bits per heavy atom. The Labute approximate surface area is 131 Å². The van der Waals surface area contributed by atoms with Gasteiger partial charge in [-0.2, -0.15) is 13.2 Å². The van der Waals surface area contributed by atoms with Crippen LogP contribution >= 0.6 is 0 Å². The van der Waals surface area contributed by atoms with Gasteiger partial charge in [-0.15, -0.1) is 0 Å². The number of ether oxygens (including phenoxy) is 1. The Kier molecular flexibility index (Phi) is 5.12. The number of nitrogens with one attached hydrogen (secondary N) is 1. The SMILES string of the molecule is COc1cccc(N2CCC[C@H](NC(=O)CC(F)(F)F)C2=O)c1. The van der Waals surface area contributed by atoms with Crippen molar-refractivity contribution in [1.29, 1.82) is 0 Å². The molecule has 1 heterocycles. The van der Waals surface area contributed by atoms with Crippen LogP contribution in [0.1, 0.15) is 19.3 Å². The molecular weight excluding hydrogens is 313 g/mol. The van der Waals surface area contributed by atoms with Crippen molar-refractivity contribution in [3.8, 4) is 5.75 Å². The highest BCUT2D eigenvalue weighted by Crippen LogP contribution is 2.25. The predicted octanol–water partition coefficient (Wildman–Crippen LogP) is 2.26. The monoisotopic (exact) mass is 330 g/mol. The lowest BCUT2D eigenvalue weighted by Gasteiger charge is -2.32. The molecule has 1 aliphatic rings. The number of halogens is 3. The van der Waals surface area contributed by atoms with Crippen molar-refractivity contribution >= 4 is 17.5 Å². The number of piperidine rings is 1. The average Bonchev–Trinajstić information content (AvgIpc) is 2.47. The van der Waals surface area contributed by atoms with Gasteiger partial charge in [-0.3, -0.25) is 9.59 Å². The lowest BCUT2D eigenvalue weighted by Crippen LogP contribution is -2.52. The molecule has 1 N–H and O–H groups in total. The van der Waals surface area contributed by atoms with Gasteiger partial charge in [0.15, 0.2) is 0 Å². The summed E-state index contributed by atoms with van der Waals surface area (Å²) in [7, 11) is 1.50. The molecular formula is C15H17F3N2O3. The fourth-order valence-electron chi connectivity index (χ4n) is 2.47. The first-order valence-electron chi connectivity index (χ1n) is 7.12. The number of anilines is 1. The summed E-state index contributed by atoms with van der Waals surface area (Å²) in [6, 6.07) is 5.87. The molecule has 1 aliphatic heterocycles. The molecule has 0 saturated carbocycles. The van der Waals surface area contributed by atoms with Crippen LogP contribution in [-0.2, 0) is 9.59 Å². The van der Waals surface area contributed by atoms with Crippen molar-refractivity contribution in [3.63, 3.8) is 0 Å². The van der Waals surface area contributed by atoms with Crippen molar-refractivity contribution < 1.29 is 27.5 Å². The van der Waals surface area contributed by atoms with Crippen LogP contribution in [0.15, 0.2) is 24.3 Å². The normalized spacial score (nSPS) is 18.7. The second-order valence-corrected chi connectivity index (χ2v) is 5.25. The summed E-state index contributed by atoms with van der Waals surface area (Å²) in [6.07, 6.45) is -5.27. The van der Waals surface area contributed by atoms with Crippen molar-refractivity contribution in [2.75, 3.05) is 18.6 Å². The molecule has 2 amide bonds. The van der Waals surface area contributed by atoms with Gasteiger partial charge < -0.3 is 15.0 Å². The van der Waals surface area contributed by atoms with E-state index in [0.29, 0.717) is 30.8 Å². The number of carbonyl (C=O) groups is 2. The molecule has 0 spiro atoms. The molecule has 0 bridgehead atoms. The molecule has 1 aromatic rings. The minimum atomic E-state index is -4.59. The van der Waals surface area contributed by atoms with Gasteiger partial charge in [-0.05, 0) is 25.0 Å². The molecule has 8 heteroatoms. The van der Waals surface area contributed by atoms with Gasteiger partial charge in [0.2, 0.25) is 11.8 Å². The van der Waals surface area contributed by atoms with Gasteiger partial charge in [0.05, 0.1) is 7.11 Å². The van der Waals surface area contributed by atoms with Crippen LogP contribution in [0.5, 0.6) is 5.75 Å². The summed E-state index contributed by atoms with van der Waals surface area (Å²) < 4.78 is 41.7. The van der Waals surface area contributed by atoms with E-state index in [1.807, 2.05) is 0 Å². The van der Waals surface area contributed by atoms with E-state index < -0.39 is 30.5 Å². The predicted molar refractivity (Wildman–Crippen MR) is 77.2 cm³/mol. The number of nitrogens with zero attached hydrogens (tertiary/aromatic N) is 1. The van der Waals surface area contributed by atoms with E-state index in [9.17, 15) is 22.8 Å². The third kappa shape index (κ3) is 4.61. The lowest BCUT2D eigenvalue weighted by molar-refractivity contribution is -0.155. The smallest absolute Gasteiger partial charge is 0.397 e. The Morgan fingerprint density at radius 2 is 2.17 bits per heavy atom. The van der Waals surface area contributed by atoms with E-state index in [0.717, 1.165) is 0 Å². The lowest BCUT2D eigenvalue weighted by atomic mass is 10.0. The van der Waals surface area contributed by atoms with Gasteiger partial charge >= 0.3 is 6.18 Å². The third-order valence-electron chi connectivity index (χ3n) is 3.50. The zero-order chi connectivity index (χ0) is 17.0. The molecule has 5 nitrogen and oxygen atoms in total. The van der Waals surface area contributed by atoms with Gasteiger partial charge in [0.1, 0.15) is 18.2 Å². The van der Waals surface area contributed by atoms with Gasteiger partial charge in [0, 0.05) is 18.3 Å². The van der Waals surface area contributed by atoms with Crippen LogP contribution < -0.4 is 15.0 Å². The molecule has 2 rings (SSSR count). The number of hydrogen-bond acceptors (Lipinski definition) is 3. The van der Waals surface area contributed by atoms with E-state index in [1.54, 1.807) is 24.3 Å². The molecule has 0 aromatic heterocycles. The van der Waals surface area contributed by atoms with Gasteiger partial charge in [0.25, 0.3) is 0 Å². The molecule has 0 radical (unpaired) electrons. The summed E-state index contributed by atoms with van der Waals surface area (Å²) in [5.41, 5.74) is 0.587. The molecule has 1 saturated heterocycles. The maximum absolute atomic E-state index is 12.4. The summed E-state index contributed by atoms with van der Waals surface area (Å²) in [5, 5.41) is 2.17. The molecule has 0 aliphatic carbocycles. The molecule has 0 unspecified atom stereocenters. The second kappa shape index (κ2) is 6.89. The quantitative estimate of drug-likeness (QED) is 0.921. The Bertz CT molecular complexity index is 590. The standard InChI is InChI=1S/C15H17F3N2O3/c1-23-11-5-2-4-10(8-11)20-7-3-6-12(14(20)22)19-13(21)9-15(16,17)18/h2,4-5,8,12H,3,6-7,9H2,1H3,(H,19,21)/t12-/m0/s1. The van der Waals surface area contributed by atoms with Crippen LogP contribution in [0, 0.1) is 0 Å². The number of benzene rings is 1. The number of carbonyl (C=O) groups excluding carboxylic acids is 2. The minimum Gasteiger partial charge on any atom is -0.497 e. The van der Waals surface area contributed by atoms with E-state index >= 15 is 0 Å². The maximum Gasteiger partial charge on any atom is 0.397 e. The summed E-state index contributed by atoms with van der Waals surface area (Å²) >= 11 is 0. The Balaban J connectivity index is 2.07. The van der Waals surface area contributed by atoms with Gasteiger partial charge in [-0.25, -0.2) is 0 Å². The first-order chi connectivity index (χ1) is 10.8. The van der Waals surface area contributed by atoms with Crippen LogP contribution in [0.25, 0.3) is 0 Å². The third-order valence-corrected chi connectivity index (χ3v) is 3.50. The van der Waals surface area contributed by atoms with Crippen LogP contribution in [-0.4, -0.2) is 37.7 Å². The summed E-state index contributed by atoms with van der Waals surface area (Å²) in [5.74, 6) is -1.04. The highest BCUT2D eigenvalue weighted by molar-refractivity contribution is 6.00. The maximum atomic E-state index is 12.4. The Morgan fingerprint density at radius 3 is 2.83 bits per heavy atom. The van der Waals surface area contributed by atoms with Crippen molar-refractivity contribution in [3.05, 3.63) is 24.3 Å². The fraction of sp³-hybridized carbons (Fsp3) is 0.467. The molecule has 1 aromatic carbocycles. The molecule has 1 atom stereocenters. The van der Waals surface area contributed by atoms with Crippen LogP contribution in [0.4, 0.5) is 18.9 Å². The zero-order valence-corrected chi connectivity index (χ0v) is 12.5. The number of rotatable bonds is 4. The van der Waals surface area contributed by atoms with E-state index in [1.165, 1.54) is 12.0 Å². The van der Waals surface area contributed by atoms with Crippen molar-refractivity contribution in [1.82, 2.24) is 5.32 Å². The largest absolute Gasteiger partial charge is 0.497 e. The average molecular weight is 330 g/mol. The number of alkyl halides is 3.